The first kappa shape index (κ1) is 14.3. The van der Waals surface area contributed by atoms with Gasteiger partial charge in [-0.25, -0.2) is 0 Å². The van der Waals surface area contributed by atoms with Gasteiger partial charge < -0.3 is 14.8 Å². The van der Waals surface area contributed by atoms with Gasteiger partial charge in [-0.2, -0.15) is 0 Å². The summed E-state index contributed by atoms with van der Waals surface area (Å²) in [5, 5.41) is 3.65. The monoisotopic (exact) mass is 237 g/mol. The van der Waals surface area contributed by atoms with E-state index >= 15 is 0 Å². The molecule has 1 heterocycles. The SMILES string of the molecule is CCn1ccc(CNC(CN(C)C)C(C)C)c1. The number of nitrogens with zero attached hydrogens (tertiary/aromatic N) is 2. The molecule has 0 saturated heterocycles. The predicted octanol–water partition coefficient (Wildman–Crippen LogP) is 2.18. The highest BCUT2D eigenvalue weighted by Gasteiger charge is 2.13. The van der Waals surface area contributed by atoms with Crippen LogP contribution in [0, 0.1) is 5.92 Å². The van der Waals surface area contributed by atoms with Crippen LogP contribution in [0.3, 0.4) is 0 Å². The summed E-state index contributed by atoms with van der Waals surface area (Å²) in [7, 11) is 4.26. The number of hydrogen-bond acceptors (Lipinski definition) is 2. The van der Waals surface area contributed by atoms with Crippen molar-refractivity contribution in [2.24, 2.45) is 5.92 Å². The molecule has 1 unspecified atom stereocenters. The quantitative estimate of drug-likeness (QED) is 0.784. The summed E-state index contributed by atoms with van der Waals surface area (Å²) >= 11 is 0. The molecule has 1 aromatic rings. The minimum Gasteiger partial charge on any atom is -0.354 e. The van der Waals surface area contributed by atoms with Crippen LogP contribution < -0.4 is 5.32 Å². The standard InChI is InChI=1S/C14H27N3/c1-6-17-8-7-13(10-17)9-15-14(12(2)3)11-16(4)5/h7-8,10,12,14-15H,6,9,11H2,1-5H3. The van der Waals surface area contributed by atoms with Gasteiger partial charge in [0, 0.05) is 38.1 Å². The van der Waals surface area contributed by atoms with Crippen LogP contribution in [0.15, 0.2) is 18.5 Å². The fourth-order valence-electron chi connectivity index (χ4n) is 1.95. The van der Waals surface area contributed by atoms with E-state index in [4.69, 9.17) is 0 Å². The Hall–Kier alpha value is -0.800. The normalized spacial score (nSPS) is 13.6. The minimum absolute atomic E-state index is 0.551. The molecule has 0 saturated carbocycles. The summed E-state index contributed by atoms with van der Waals surface area (Å²) in [4.78, 5) is 2.24. The molecule has 0 aliphatic carbocycles. The second-order valence-electron chi connectivity index (χ2n) is 5.34. The number of likely N-dealkylation sites (N-methyl/N-ethyl adjacent to an activating group) is 1. The second-order valence-corrected chi connectivity index (χ2v) is 5.34. The molecule has 0 aromatic carbocycles. The summed E-state index contributed by atoms with van der Waals surface area (Å²) in [6.07, 6.45) is 4.37. The maximum atomic E-state index is 3.65. The third-order valence-electron chi connectivity index (χ3n) is 3.11. The van der Waals surface area contributed by atoms with Crippen molar-refractivity contribution >= 4 is 0 Å². The molecular weight excluding hydrogens is 210 g/mol. The molecule has 0 amide bonds. The van der Waals surface area contributed by atoms with Gasteiger partial charge in [-0.15, -0.1) is 0 Å². The molecule has 17 heavy (non-hydrogen) atoms. The predicted molar refractivity (Wildman–Crippen MR) is 74.1 cm³/mol. The van der Waals surface area contributed by atoms with Gasteiger partial charge in [0.2, 0.25) is 0 Å². The fourth-order valence-corrected chi connectivity index (χ4v) is 1.95. The van der Waals surface area contributed by atoms with Crippen LogP contribution in [-0.2, 0) is 13.1 Å². The van der Waals surface area contributed by atoms with Crippen molar-refractivity contribution in [1.82, 2.24) is 14.8 Å². The van der Waals surface area contributed by atoms with Gasteiger partial charge in [-0.3, -0.25) is 0 Å². The summed E-state index contributed by atoms with van der Waals surface area (Å²) in [6, 6.07) is 2.75. The van der Waals surface area contributed by atoms with Crippen LogP contribution in [0.5, 0.6) is 0 Å². The summed E-state index contributed by atoms with van der Waals surface area (Å²) in [5.74, 6) is 0.658. The Morgan fingerprint density at radius 2 is 2.06 bits per heavy atom. The van der Waals surface area contributed by atoms with Crippen molar-refractivity contribution in [3.8, 4) is 0 Å². The van der Waals surface area contributed by atoms with Crippen LogP contribution >= 0.6 is 0 Å². The molecule has 0 aliphatic heterocycles. The van der Waals surface area contributed by atoms with Crippen molar-refractivity contribution in [1.29, 1.82) is 0 Å². The van der Waals surface area contributed by atoms with E-state index in [1.165, 1.54) is 5.56 Å². The number of nitrogens with one attached hydrogen (secondary N) is 1. The van der Waals surface area contributed by atoms with Crippen LogP contribution in [0.2, 0.25) is 0 Å². The van der Waals surface area contributed by atoms with Crippen molar-refractivity contribution in [3.63, 3.8) is 0 Å². The van der Waals surface area contributed by atoms with E-state index in [0.29, 0.717) is 12.0 Å². The molecule has 3 heteroatoms. The molecule has 1 N–H and O–H groups in total. The third kappa shape index (κ3) is 4.92. The lowest BCUT2D eigenvalue weighted by molar-refractivity contribution is 0.288. The lowest BCUT2D eigenvalue weighted by atomic mass is 10.0. The van der Waals surface area contributed by atoms with Crippen LogP contribution in [0.4, 0.5) is 0 Å². The molecule has 0 bridgehead atoms. The van der Waals surface area contributed by atoms with Gasteiger partial charge >= 0.3 is 0 Å². The molecule has 0 spiro atoms. The Morgan fingerprint density at radius 3 is 2.53 bits per heavy atom. The van der Waals surface area contributed by atoms with Crippen molar-refractivity contribution in [3.05, 3.63) is 24.0 Å². The molecule has 3 nitrogen and oxygen atoms in total. The smallest absolute Gasteiger partial charge is 0.0223 e. The van der Waals surface area contributed by atoms with E-state index in [0.717, 1.165) is 19.6 Å². The first-order chi connectivity index (χ1) is 8.02. The molecule has 0 aliphatic rings. The van der Waals surface area contributed by atoms with E-state index < -0.39 is 0 Å². The zero-order chi connectivity index (χ0) is 12.8. The molecular formula is C14H27N3. The molecule has 1 atom stereocenters. The number of aryl methyl sites for hydroxylation is 1. The Labute approximate surface area is 106 Å². The van der Waals surface area contributed by atoms with E-state index in [2.05, 4.69) is 68.1 Å². The second kappa shape index (κ2) is 6.82. The summed E-state index contributed by atoms with van der Waals surface area (Å²) in [6.45, 7) is 9.82. The van der Waals surface area contributed by atoms with Gasteiger partial charge in [0.15, 0.2) is 0 Å². The van der Waals surface area contributed by atoms with Gasteiger partial charge in [0.1, 0.15) is 0 Å². The lowest BCUT2D eigenvalue weighted by Gasteiger charge is -2.25. The highest BCUT2D eigenvalue weighted by Crippen LogP contribution is 2.06. The van der Waals surface area contributed by atoms with Gasteiger partial charge in [0.05, 0.1) is 0 Å². The highest BCUT2D eigenvalue weighted by atomic mass is 15.1. The van der Waals surface area contributed by atoms with Crippen LogP contribution in [-0.4, -0.2) is 36.1 Å². The minimum atomic E-state index is 0.551. The van der Waals surface area contributed by atoms with E-state index in [-0.39, 0.29) is 0 Å². The zero-order valence-corrected chi connectivity index (χ0v) is 11.9. The summed E-state index contributed by atoms with van der Waals surface area (Å²) in [5.41, 5.74) is 1.37. The molecule has 1 aromatic heterocycles. The Balaban J connectivity index is 2.45. The van der Waals surface area contributed by atoms with Gasteiger partial charge in [-0.1, -0.05) is 13.8 Å². The molecule has 98 valence electrons. The average molecular weight is 237 g/mol. The van der Waals surface area contributed by atoms with Crippen LogP contribution in [0.25, 0.3) is 0 Å². The largest absolute Gasteiger partial charge is 0.354 e. The van der Waals surface area contributed by atoms with E-state index in [1.807, 2.05) is 0 Å². The topological polar surface area (TPSA) is 20.2 Å². The number of rotatable bonds is 7. The van der Waals surface area contributed by atoms with Gasteiger partial charge in [0.25, 0.3) is 0 Å². The first-order valence-corrected chi connectivity index (χ1v) is 6.55. The fraction of sp³-hybridized carbons (Fsp3) is 0.714. The molecule has 1 rings (SSSR count). The Kier molecular flexibility index (Phi) is 5.72. The maximum absolute atomic E-state index is 3.65. The van der Waals surface area contributed by atoms with E-state index in [9.17, 15) is 0 Å². The molecule has 0 radical (unpaired) electrons. The summed E-state index contributed by atoms with van der Waals surface area (Å²) < 4.78 is 2.22. The highest BCUT2D eigenvalue weighted by molar-refractivity contribution is 5.10. The zero-order valence-electron chi connectivity index (χ0n) is 11.9. The third-order valence-corrected chi connectivity index (χ3v) is 3.11. The number of aromatic nitrogens is 1. The molecule has 0 fully saturated rings. The van der Waals surface area contributed by atoms with Gasteiger partial charge in [-0.05, 0) is 38.6 Å². The van der Waals surface area contributed by atoms with Crippen molar-refractivity contribution in [2.45, 2.75) is 39.9 Å². The lowest BCUT2D eigenvalue weighted by Crippen LogP contribution is -2.41. The number of hydrogen-bond donors (Lipinski definition) is 1. The first-order valence-electron chi connectivity index (χ1n) is 6.55. The Bertz CT molecular complexity index is 315. The van der Waals surface area contributed by atoms with Crippen molar-refractivity contribution in [2.75, 3.05) is 20.6 Å². The van der Waals surface area contributed by atoms with Crippen molar-refractivity contribution < 1.29 is 0 Å². The van der Waals surface area contributed by atoms with Crippen LogP contribution in [0.1, 0.15) is 26.3 Å². The van der Waals surface area contributed by atoms with E-state index in [1.54, 1.807) is 0 Å². The maximum Gasteiger partial charge on any atom is 0.0223 e. The Morgan fingerprint density at radius 1 is 1.35 bits per heavy atom. The average Bonchev–Trinajstić information content (AvgIpc) is 2.71.